The van der Waals surface area contributed by atoms with Crippen LogP contribution in [0.25, 0.3) is 10.9 Å². The van der Waals surface area contributed by atoms with Crippen LogP contribution in [-0.2, 0) is 0 Å². The topological polar surface area (TPSA) is 72.0 Å². The molecule has 1 unspecified atom stereocenters. The molecule has 4 nitrogen and oxygen atoms in total. The Morgan fingerprint density at radius 3 is 2.67 bits per heavy atom. The lowest BCUT2D eigenvalue weighted by Crippen LogP contribution is -2.09. The summed E-state index contributed by atoms with van der Waals surface area (Å²) in [6.45, 7) is 3.84. The molecule has 0 aliphatic rings. The first kappa shape index (κ1) is 13.5. The van der Waals surface area contributed by atoms with Crippen molar-refractivity contribution in [2.24, 2.45) is 0 Å². The number of aliphatic hydroxyl groups is 1. The molecule has 0 aliphatic carbocycles. The molecular formula is C17H17N3O. The number of hydrogen-bond donors (Lipinski definition) is 2. The molecule has 2 aromatic heterocycles. The van der Waals surface area contributed by atoms with Crippen molar-refractivity contribution in [2.75, 3.05) is 5.73 Å². The number of benzene rings is 1. The summed E-state index contributed by atoms with van der Waals surface area (Å²) >= 11 is 0. The summed E-state index contributed by atoms with van der Waals surface area (Å²) < 4.78 is 0. The standard InChI is InChI=1S/C17H17N3O/c1-10-7-8-19-17(18)15(10)16(21)13-9-11(2)20-14-6-4-3-5-12(13)14/h3-9,16,21H,1-2H3,(H2,18,19). The van der Waals surface area contributed by atoms with Gasteiger partial charge in [0, 0.05) is 22.8 Å². The molecule has 3 rings (SSSR count). The molecule has 3 aromatic rings. The summed E-state index contributed by atoms with van der Waals surface area (Å²) in [5.74, 6) is 0.362. The van der Waals surface area contributed by atoms with E-state index in [2.05, 4.69) is 9.97 Å². The van der Waals surface area contributed by atoms with Gasteiger partial charge in [0.05, 0.1) is 5.52 Å². The zero-order chi connectivity index (χ0) is 15.0. The second-order valence-electron chi connectivity index (χ2n) is 5.20. The predicted octanol–water partition coefficient (Wildman–Crippen LogP) is 2.91. The van der Waals surface area contributed by atoms with Crippen LogP contribution in [0.3, 0.4) is 0 Å². The van der Waals surface area contributed by atoms with E-state index in [0.717, 1.165) is 27.7 Å². The summed E-state index contributed by atoms with van der Waals surface area (Å²) in [4.78, 5) is 8.59. The van der Waals surface area contributed by atoms with Gasteiger partial charge in [-0.25, -0.2) is 4.98 Å². The fourth-order valence-electron chi connectivity index (χ4n) is 2.67. The third-order valence-electron chi connectivity index (χ3n) is 3.68. The van der Waals surface area contributed by atoms with Crippen molar-refractivity contribution < 1.29 is 5.11 Å². The van der Waals surface area contributed by atoms with Crippen LogP contribution >= 0.6 is 0 Å². The Labute approximate surface area is 123 Å². The van der Waals surface area contributed by atoms with Gasteiger partial charge in [-0.2, -0.15) is 0 Å². The number of hydrogen-bond acceptors (Lipinski definition) is 4. The fourth-order valence-corrected chi connectivity index (χ4v) is 2.67. The molecule has 4 heteroatoms. The molecule has 106 valence electrons. The maximum absolute atomic E-state index is 10.8. The minimum absolute atomic E-state index is 0.362. The van der Waals surface area contributed by atoms with Crippen molar-refractivity contribution in [1.82, 2.24) is 9.97 Å². The Morgan fingerprint density at radius 2 is 1.90 bits per heavy atom. The minimum Gasteiger partial charge on any atom is -0.383 e. The molecule has 1 aromatic carbocycles. The molecule has 0 saturated carbocycles. The number of fused-ring (bicyclic) bond motifs is 1. The van der Waals surface area contributed by atoms with Crippen molar-refractivity contribution in [2.45, 2.75) is 20.0 Å². The Kier molecular flexibility index (Phi) is 3.31. The molecule has 0 amide bonds. The van der Waals surface area contributed by atoms with Crippen LogP contribution in [-0.4, -0.2) is 15.1 Å². The largest absolute Gasteiger partial charge is 0.383 e. The molecular weight excluding hydrogens is 262 g/mol. The van der Waals surface area contributed by atoms with E-state index in [1.54, 1.807) is 6.20 Å². The van der Waals surface area contributed by atoms with E-state index < -0.39 is 6.10 Å². The van der Waals surface area contributed by atoms with E-state index in [1.807, 2.05) is 50.2 Å². The monoisotopic (exact) mass is 279 g/mol. The van der Waals surface area contributed by atoms with Gasteiger partial charge in [-0.15, -0.1) is 0 Å². The average molecular weight is 279 g/mol. The average Bonchev–Trinajstić information content (AvgIpc) is 2.46. The van der Waals surface area contributed by atoms with Crippen LogP contribution in [0, 0.1) is 13.8 Å². The maximum atomic E-state index is 10.8. The van der Waals surface area contributed by atoms with Gasteiger partial charge in [0.25, 0.3) is 0 Å². The third-order valence-corrected chi connectivity index (χ3v) is 3.68. The van der Waals surface area contributed by atoms with Gasteiger partial charge in [0.1, 0.15) is 11.9 Å². The van der Waals surface area contributed by atoms with Crippen LogP contribution < -0.4 is 5.73 Å². The van der Waals surface area contributed by atoms with Gasteiger partial charge < -0.3 is 10.8 Å². The first-order chi connectivity index (χ1) is 10.1. The highest BCUT2D eigenvalue weighted by atomic mass is 16.3. The normalized spacial score (nSPS) is 12.5. The van der Waals surface area contributed by atoms with Crippen LogP contribution in [0.5, 0.6) is 0 Å². The lowest BCUT2D eigenvalue weighted by molar-refractivity contribution is 0.221. The number of para-hydroxylation sites is 1. The molecule has 0 spiro atoms. The van der Waals surface area contributed by atoms with Crippen molar-refractivity contribution in [3.05, 3.63) is 65.0 Å². The van der Waals surface area contributed by atoms with Crippen molar-refractivity contribution >= 4 is 16.7 Å². The van der Waals surface area contributed by atoms with Crippen LogP contribution in [0.4, 0.5) is 5.82 Å². The number of rotatable bonds is 2. The van der Waals surface area contributed by atoms with Crippen LogP contribution in [0.15, 0.2) is 42.6 Å². The zero-order valence-electron chi connectivity index (χ0n) is 12.0. The summed E-state index contributed by atoms with van der Waals surface area (Å²) in [6.07, 6.45) is 0.835. The highest BCUT2D eigenvalue weighted by Gasteiger charge is 2.19. The quantitative estimate of drug-likeness (QED) is 0.756. The third kappa shape index (κ3) is 2.34. The molecule has 0 bridgehead atoms. The summed E-state index contributed by atoms with van der Waals surface area (Å²) in [7, 11) is 0. The molecule has 0 saturated heterocycles. The number of pyridine rings is 2. The van der Waals surface area contributed by atoms with E-state index in [4.69, 9.17) is 5.73 Å². The van der Waals surface area contributed by atoms with E-state index in [0.29, 0.717) is 11.4 Å². The molecule has 3 N–H and O–H groups in total. The summed E-state index contributed by atoms with van der Waals surface area (Å²) in [5.41, 5.74) is 10.1. The Balaban J connectivity index is 2.25. The van der Waals surface area contributed by atoms with E-state index in [-0.39, 0.29) is 0 Å². The Hall–Kier alpha value is -2.46. The molecule has 1 atom stereocenters. The maximum Gasteiger partial charge on any atom is 0.129 e. The van der Waals surface area contributed by atoms with Crippen molar-refractivity contribution in [3.63, 3.8) is 0 Å². The highest BCUT2D eigenvalue weighted by Crippen LogP contribution is 2.32. The van der Waals surface area contributed by atoms with Crippen LogP contribution in [0.2, 0.25) is 0 Å². The number of aryl methyl sites for hydroxylation is 2. The van der Waals surface area contributed by atoms with Gasteiger partial charge in [-0.05, 0) is 43.2 Å². The van der Waals surface area contributed by atoms with Crippen LogP contribution in [0.1, 0.15) is 28.5 Å². The number of aromatic nitrogens is 2. The molecule has 0 fully saturated rings. The predicted molar refractivity (Wildman–Crippen MR) is 83.9 cm³/mol. The Morgan fingerprint density at radius 1 is 1.14 bits per heavy atom. The molecule has 21 heavy (non-hydrogen) atoms. The molecule has 0 aliphatic heterocycles. The number of nitrogen functional groups attached to an aromatic ring is 1. The van der Waals surface area contributed by atoms with Crippen molar-refractivity contribution in [1.29, 1.82) is 0 Å². The number of anilines is 1. The second kappa shape index (κ2) is 5.14. The molecule has 0 radical (unpaired) electrons. The smallest absolute Gasteiger partial charge is 0.129 e. The summed E-state index contributed by atoms with van der Waals surface area (Å²) in [5, 5.41) is 11.8. The Bertz CT molecular complexity index is 794. The van der Waals surface area contributed by atoms with Gasteiger partial charge in [-0.1, -0.05) is 18.2 Å². The first-order valence-electron chi connectivity index (χ1n) is 6.83. The lowest BCUT2D eigenvalue weighted by Gasteiger charge is -2.18. The summed E-state index contributed by atoms with van der Waals surface area (Å²) in [6, 6.07) is 11.5. The number of nitrogens with two attached hydrogens (primary N) is 1. The van der Waals surface area contributed by atoms with E-state index in [9.17, 15) is 5.11 Å². The fraction of sp³-hybridized carbons (Fsp3) is 0.176. The highest BCUT2D eigenvalue weighted by molar-refractivity contribution is 5.83. The minimum atomic E-state index is -0.815. The SMILES string of the molecule is Cc1cc(C(O)c2c(C)ccnc2N)c2ccccc2n1. The zero-order valence-corrected chi connectivity index (χ0v) is 12.0. The van der Waals surface area contributed by atoms with Gasteiger partial charge in [0.15, 0.2) is 0 Å². The second-order valence-corrected chi connectivity index (χ2v) is 5.20. The van der Waals surface area contributed by atoms with Gasteiger partial charge in [0.2, 0.25) is 0 Å². The number of aliphatic hydroxyl groups excluding tert-OH is 1. The van der Waals surface area contributed by atoms with E-state index in [1.165, 1.54) is 0 Å². The van der Waals surface area contributed by atoms with E-state index >= 15 is 0 Å². The first-order valence-corrected chi connectivity index (χ1v) is 6.83. The number of nitrogens with zero attached hydrogens (tertiary/aromatic N) is 2. The van der Waals surface area contributed by atoms with Crippen molar-refractivity contribution in [3.8, 4) is 0 Å². The van der Waals surface area contributed by atoms with Gasteiger partial charge >= 0.3 is 0 Å². The molecule has 2 heterocycles. The lowest BCUT2D eigenvalue weighted by atomic mass is 9.95. The van der Waals surface area contributed by atoms with Gasteiger partial charge in [-0.3, -0.25) is 4.98 Å².